The SMILES string of the molecule is O=S(=O)(c1cc[nH]c1C(F)(F)F)C(F)(F)F. The van der Waals surface area contributed by atoms with Crippen LogP contribution in [-0.4, -0.2) is 18.9 Å². The number of H-pyrrole nitrogens is 1. The summed E-state index contributed by atoms with van der Waals surface area (Å²) in [6, 6.07) is 0.214. The summed E-state index contributed by atoms with van der Waals surface area (Å²) in [5.41, 5.74) is -7.71. The van der Waals surface area contributed by atoms with Gasteiger partial charge in [0.1, 0.15) is 10.6 Å². The molecule has 0 saturated carbocycles. The fourth-order valence-electron chi connectivity index (χ4n) is 0.925. The Morgan fingerprint density at radius 3 is 1.94 bits per heavy atom. The summed E-state index contributed by atoms with van der Waals surface area (Å²) in [5.74, 6) is 0. The van der Waals surface area contributed by atoms with Gasteiger partial charge >= 0.3 is 11.7 Å². The Balaban J connectivity index is 3.43. The summed E-state index contributed by atoms with van der Waals surface area (Å²) in [6.07, 6.45) is -4.72. The number of sulfone groups is 1. The average Bonchev–Trinajstić information content (AvgIpc) is 2.47. The summed E-state index contributed by atoms with van der Waals surface area (Å²) in [5, 5.41) is 0. The van der Waals surface area contributed by atoms with E-state index in [4.69, 9.17) is 0 Å². The van der Waals surface area contributed by atoms with Crippen molar-refractivity contribution in [2.75, 3.05) is 0 Å². The maximum atomic E-state index is 12.1. The van der Waals surface area contributed by atoms with Gasteiger partial charge in [-0.1, -0.05) is 0 Å². The van der Waals surface area contributed by atoms with Crippen molar-refractivity contribution in [3.05, 3.63) is 18.0 Å². The summed E-state index contributed by atoms with van der Waals surface area (Å²) in [6.45, 7) is 0. The quantitative estimate of drug-likeness (QED) is 0.794. The minimum Gasteiger partial charge on any atom is -0.357 e. The van der Waals surface area contributed by atoms with Crippen molar-refractivity contribution >= 4 is 9.84 Å². The Morgan fingerprint density at radius 1 is 1.06 bits per heavy atom. The number of alkyl halides is 6. The molecule has 1 rings (SSSR count). The molecule has 0 aliphatic carbocycles. The fourth-order valence-corrected chi connectivity index (χ4v) is 1.87. The van der Waals surface area contributed by atoms with Gasteiger partial charge in [0.05, 0.1) is 0 Å². The Bertz CT molecular complexity index is 482. The Kier molecular flexibility index (Phi) is 2.74. The Labute approximate surface area is 85.0 Å². The van der Waals surface area contributed by atoms with Crippen molar-refractivity contribution in [2.45, 2.75) is 16.6 Å². The third-order valence-corrected chi connectivity index (χ3v) is 3.12. The van der Waals surface area contributed by atoms with E-state index in [9.17, 15) is 34.8 Å². The third-order valence-electron chi connectivity index (χ3n) is 1.59. The minimum atomic E-state index is -6.00. The average molecular weight is 267 g/mol. The van der Waals surface area contributed by atoms with Crippen LogP contribution in [0.1, 0.15) is 5.69 Å². The van der Waals surface area contributed by atoms with Gasteiger partial charge in [0.2, 0.25) is 0 Å². The number of hydrogen-bond acceptors (Lipinski definition) is 2. The van der Waals surface area contributed by atoms with E-state index in [0.717, 1.165) is 0 Å². The molecule has 3 nitrogen and oxygen atoms in total. The molecular weight excluding hydrogens is 264 g/mol. The van der Waals surface area contributed by atoms with E-state index < -0.39 is 32.1 Å². The van der Waals surface area contributed by atoms with Crippen LogP contribution < -0.4 is 0 Å². The maximum Gasteiger partial charge on any atom is 0.501 e. The van der Waals surface area contributed by atoms with Crippen molar-refractivity contribution < 1.29 is 34.8 Å². The van der Waals surface area contributed by atoms with Crippen LogP contribution >= 0.6 is 0 Å². The van der Waals surface area contributed by atoms with Crippen molar-refractivity contribution in [2.24, 2.45) is 0 Å². The van der Waals surface area contributed by atoms with Gasteiger partial charge in [0.25, 0.3) is 9.84 Å². The second-order valence-corrected chi connectivity index (χ2v) is 4.57. The number of halogens is 6. The van der Waals surface area contributed by atoms with Crippen LogP contribution in [0, 0.1) is 0 Å². The van der Waals surface area contributed by atoms with E-state index in [1.807, 2.05) is 0 Å². The van der Waals surface area contributed by atoms with Crippen LogP contribution in [0.3, 0.4) is 0 Å². The fraction of sp³-hybridized carbons (Fsp3) is 0.333. The number of aromatic nitrogens is 1. The molecule has 1 aromatic rings. The second-order valence-electron chi connectivity index (χ2n) is 2.66. The standard InChI is InChI=1S/C6H3F6NO2S/c7-5(8,9)4-3(1-2-13-4)16(14,15)6(10,11)12/h1-2,13H. The first-order chi connectivity index (χ1) is 6.98. The van der Waals surface area contributed by atoms with Crippen molar-refractivity contribution in [1.82, 2.24) is 4.98 Å². The molecule has 0 spiro atoms. The number of aromatic amines is 1. The summed E-state index contributed by atoms with van der Waals surface area (Å²) in [4.78, 5) is -0.407. The number of rotatable bonds is 1. The van der Waals surface area contributed by atoms with Gasteiger partial charge < -0.3 is 4.98 Å². The number of nitrogens with one attached hydrogen (secondary N) is 1. The summed E-state index contributed by atoms with van der Waals surface area (Å²) < 4.78 is 93.9. The molecule has 10 heteroatoms. The van der Waals surface area contributed by atoms with E-state index in [2.05, 4.69) is 0 Å². The highest BCUT2D eigenvalue weighted by molar-refractivity contribution is 7.92. The van der Waals surface area contributed by atoms with Gasteiger partial charge in [-0.2, -0.15) is 26.3 Å². The molecule has 1 N–H and O–H groups in total. The monoisotopic (exact) mass is 267 g/mol. The smallest absolute Gasteiger partial charge is 0.357 e. The molecule has 0 saturated heterocycles. The van der Waals surface area contributed by atoms with Crippen LogP contribution in [-0.2, 0) is 16.0 Å². The molecule has 0 atom stereocenters. The molecule has 0 bridgehead atoms. The predicted octanol–water partition coefficient (Wildman–Crippen LogP) is 2.33. The lowest BCUT2D eigenvalue weighted by molar-refractivity contribution is -0.143. The van der Waals surface area contributed by atoms with E-state index in [1.54, 1.807) is 0 Å². The van der Waals surface area contributed by atoms with Crippen LogP contribution in [0.4, 0.5) is 26.3 Å². The Morgan fingerprint density at radius 2 is 1.56 bits per heavy atom. The maximum absolute atomic E-state index is 12.1. The lowest BCUT2D eigenvalue weighted by Crippen LogP contribution is -2.25. The molecule has 0 radical (unpaired) electrons. The lowest BCUT2D eigenvalue weighted by atomic mass is 10.4. The first-order valence-corrected chi connectivity index (χ1v) is 5.02. The Hall–Kier alpha value is -1.19. The molecular formula is C6H3F6NO2S. The van der Waals surface area contributed by atoms with Crippen LogP contribution in [0.15, 0.2) is 17.2 Å². The topological polar surface area (TPSA) is 49.9 Å². The molecule has 0 unspecified atom stereocenters. The largest absolute Gasteiger partial charge is 0.501 e. The first kappa shape index (κ1) is 12.9. The van der Waals surface area contributed by atoms with Crippen LogP contribution in [0.5, 0.6) is 0 Å². The van der Waals surface area contributed by atoms with Crippen molar-refractivity contribution in [3.8, 4) is 0 Å². The predicted molar refractivity (Wildman–Crippen MR) is 39.0 cm³/mol. The van der Waals surface area contributed by atoms with Gasteiger partial charge in [-0.3, -0.25) is 0 Å². The molecule has 16 heavy (non-hydrogen) atoms. The summed E-state index contributed by atoms with van der Waals surface area (Å²) >= 11 is 0. The molecule has 0 aromatic carbocycles. The highest BCUT2D eigenvalue weighted by Crippen LogP contribution is 2.38. The molecule has 1 aromatic heterocycles. The number of hydrogen-bond donors (Lipinski definition) is 1. The molecule has 0 aliphatic rings. The van der Waals surface area contributed by atoms with E-state index >= 15 is 0 Å². The highest BCUT2D eigenvalue weighted by atomic mass is 32.2. The zero-order valence-electron chi connectivity index (χ0n) is 7.15. The molecule has 1 heterocycles. The van der Waals surface area contributed by atoms with E-state index in [1.165, 1.54) is 4.98 Å². The van der Waals surface area contributed by atoms with Crippen LogP contribution in [0.2, 0.25) is 0 Å². The van der Waals surface area contributed by atoms with Gasteiger partial charge in [0.15, 0.2) is 0 Å². The molecule has 0 fully saturated rings. The van der Waals surface area contributed by atoms with Gasteiger partial charge in [-0.05, 0) is 6.07 Å². The normalized spacial score (nSPS) is 14.1. The van der Waals surface area contributed by atoms with Crippen molar-refractivity contribution in [1.29, 1.82) is 0 Å². The van der Waals surface area contributed by atoms with Crippen LogP contribution in [0.25, 0.3) is 0 Å². The lowest BCUT2D eigenvalue weighted by Gasteiger charge is -2.10. The summed E-state index contributed by atoms with van der Waals surface area (Å²) in [7, 11) is -6.00. The van der Waals surface area contributed by atoms with Crippen molar-refractivity contribution in [3.63, 3.8) is 0 Å². The molecule has 92 valence electrons. The highest BCUT2D eigenvalue weighted by Gasteiger charge is 2.51. The van der Waals surface area contributed by atoms with Gasteiger partial charge in [-0.25, -0.2) is 8.42 Å². The zero-order chi connectivity index (χ0) is 12.8. The zero-order valence-corrected chi connectivity index (χ0v) is 7.96. The van der Waals surface area contributed by atoms with Gasteiger partial charge in [0, 0.05) is 6.20 Å². The van der Waals surface area contributed by atoms with E-state index in [0.29, 0.717) is 6.20 Å². The molecule has 0 amide bonds. The molecule has 0 aliphatic heterocycles. The third kappa shape index (κ3) is 2.01. The van der Waals surface area contributed by atoms with E-state index in [-0.39, 0.29) is 6.07 Å². The first-order valence-electron chi connectivity index (χ1n) is 3.54. The van der Waals surface area contributed by atoms with Gasteiger partial charge in [-0.15, -0.1) is 0 Å². The second kappa shape index (κ2) is 3.40. The minimum absolute atomic E-state index is 0.214.